The third-order valence-electron chi connectivity index (χ3n) is 3.16. The molecule has 0 aromatic heterocycles. The van der Waals surface area contributed by atoms with Gasteiger partial charge in [-0.15, -0.1) is 0 Å². The van der Waals surface area contributed by atoms with Gasteiger partial charge >= 0.3 is 6.18 Å². The Morgan fingerprint density at radius 3 is 2.85 bits per heavy atom. The molecule has 7 heteroatoms. The largest absolute Gasteiger partial charge is 0.405 e. The Labute approximate surface area is 114 Å². The number of carbonyl (C=O) groups excluding carboxylic acids is 1. The lowest BCUT2D eigenvalue weighted by Crippen LogP contribution is -2.43. The van der Waals surface area contributed by atoms with Crippen LogP contribution in [0.2, 0.25) is 0 Å². The number of alkyl halides is 3. The number of fused-ring (bicyclic) bond motifs is 1. The van der Waals surface area contributed by atoms with E-state index in [1.807, 2.05) is 17.4 Å². The maximum Gasteiger partial charge on any atom is 0.405 e. The number of hydrogen-bond acceptors (Lipinski definition) is 3. The van der Waals surface area contributed by atoms with Gasteiger partial charge in [-0.05, 0) is 24.5 Å². The highest BCUT2D eigenvalue weighted by atomic mass is 19.4. The Bertz CT molecular complexity index is 502. The van der Waals surface area contributed by atoms with Gasteiger partial charge in [-0.1, -0.05) is 12.1 Å². The van der Waals surface area contributed by atoms with Gasteiger partial charge in [0.1, 0.15) is 6.54 Å². The van der Waals surface area contributed by atoms with E-state index in [4.69, 9.17) is 5.73 Å². The summed E-state index contributed by atoms with van der Waals surface area (Å²) in [7, 11) is 0. The van der Waals surface area contributed by atoms with Crippen LogP contribution in [-0.4, -0.2) is 31.7 Å². The van der Waals surface area contributed by atoms with Crippen molar-refractivity contribution in [1.82, 2.24) is 5.32 Å². The fraction of sp³-hybridized carbons (Fsp3) is 0.462. The molecule has 0 saturated carbocycles. The number of rotatable bonds is 3. The third kappa shape index (κ3) is 3.55. The van der Waals surface area contributed by atoms with Crippen LogP contribution in [0.25, 0.3) is 0 Å². The first kappa shape index (κ1) is 14.5. The summed E-state index contributed by atoms with van der Waals surface area (Å²) in [5, 5.41) is 1.87. The van der Waals surface area contributed by atoms with E-state index in [2.05, 4.69) is 0 Å². The molecule has 110 valence electrons. The minimum Gasteiger partial charge on any atom is -0.397 e. The maximum absolute atomic E-state index is 12.0. The Morgan fingerprint density at radius 2 is 2.15 bits per heavy atom. The van der Waals surface area contributed by atoms with E-state index in [1.54, 1.807) is 11.0 Å². The predicted molar refractivity (Wildman–Crippen MR) is 70.5 cm³/mol. The number of anilines is 2. The van der Waals surface area contributed by atoms with Gasteiger partial charge in [0.15, 0.2) is 0 Å². The van der Waals surface area contributed by atoms with Gasteiger partial charge in [0.2, 0.25) is 5.91 Å². The number of halogens is 3. The topological polar surface area (TPSA) is 58.4 Å². The van der Waals surface area contributed by atoms with E-state index in [0.717, 1.165) is 24.1 Å². The number of aryl methyl sites for hydroxylation is 1. The molecule has 1 heterocycles. The van der Waals surface area contributed by atoms with E-state index in [1.165, 1.54) is 0 Å². The molecule has 2 rings (SSSR count). The summed E-state index contributed by atoms with van der Waals surface area (Å²) in [5.74, 6) is -0.654. The van der Waals surface area contributed by atoms with Crippen molar-refractivity contribution >= 4 is 17.3 Å². The zero-order valence-electron chi connectivity index (χ0n) is 10.8. The molecule has 1 aliphatic heterocycles. The molecule has 0 saturated heterocycles. The van der Waals surface area contributed by atoms with Crippen LogP contribution in [0.3, 0.4) is 0 Å². The summed E-state index contributed by atoms with van der Waals surface area (Å²) in [6.07, 6.45) is -2.68. The first-order valence-electron chi connectivity index (χ1n) is 6.32. The molecule has 0 fully saturated rings. The molecular weight excluding hydrogens is 271 g/mol. The van der Waals surface area contributed by atoms with Crippen molar-refractivity contribution in [2.75, 3.05) is 30.3 Å². The average molecular weight is 287 g/mol. The van der Waals surface area contributed by atoms with Crippen molar-refractivity contribution in [1.29, 1.82) is 0 Å². The molecular formula is C13H16F3N3O. The van der Waals surface area contributed by atoms with Crippen LogP contribution in [0, 0.1) is 0 Å². The van der Waals surface area contributed by atoms with Gasteiger partial charge in [0.05, 0.1) is 17.9 Å². The van der Waals surface area contributed by atoms with Gasteiger partial charge in [-0.25, -0.2) is 0 Å². The molecule has 0 unspecified atom stereocenters. The van der Waals surface area contributed by atoms with E-state index in [9.17, 15) is 18.0 Å². The van der Waals surface area contributed by atoms with Crippen LogP contribution in [0.5, 0.6) is 0 Å². The van der Waals surface area contributed by atoms with E-state index >= 15 is 0 Å². The number of carbonyl (C=O) groups is 1. The summed E-state index contributed by atoms with van der Waals surface area (Å²) in [5.41, 5.74) is 8.24. The fourth-order valence-electron chi connectivity index (χ4n) is 2.36. The number of para-hydroxylation sites is 1. The number of benzene rings is 1. The Balaban J connectivity index is 2.03. The van der Waals surface area contributed by atoms with Crippen molar-refractivity contribution < 1.29 is 18.0 Å². The van der Waals surface area contributed by atoms with Gasteiger partial charge in [-0.3, -0.25) is 4.79 Å². The highest BCUT2D eigenvalue weighted by molar-refractivity contribution is 5.84. The zero-order valence-corrected chi connectivity index (χ0v) is 10.8. The van der Waals surface area contributed by atoms with Crippen molar-refractivity contribution in [3.05, 3.63) is 23.8 Å². The van der Waals surface area contributed by atoms with Crippen LogP contribution in [0.1, 0.15) is 12.0 Å². The van der Waals surface area contributed by atoms with E-state index in [0.29, 0.717) is 12.2 Å². The summed E-state index contributed by atoms with van der Waals surface area (Å²) < 4.78 is 36.1. The number of nitrogen functional groups attached to an aromatic ring is 1. The standard InChI is InChI=1S/C13H16F3N3O/c14-13(15,16)8-18-11(20)7-19-6-2-4-9-3-1-5-10(17)12(9)19/h1,3,5H,2,4,6-8,17H2,(H,18,20). The lowest BCUT2D eigenvalue weighted by atomic mass is 10.0. The Kier molecular flexibility index (Phi) is 4.06. The second-order valence-electron chi connectivity index (χ2n) is 4.77. The number of nitrogens with zero attached hydrogens (tertiary/aromatic N) is 1. The summed E-state index contributed by atoms with van der Waals surface area (Å²) >= 11 is 0. The molecule has 0 atom stereocenters. The molecule has 0 bridgehead atoms. The molecule has 0 radical (unpaired) electrons. The zero-order chi connectivity index (χ0) is 14.8. The van der Waals surface area contributed by atoms with Crippen molar-refractivity contribution in [3.8, 4) is 0 Å². The number of amides is 1. The number of nitrogens with two attached hydrogens (primary N) is 1. The first-order chi connectivity index (χ1) is 9.37. The molecule has 1 aliphatic rings. The lowest BCUT2D eigenvalue weighted by molar-refractivity contribution is -0.137. The lowest BCUT2D eigenvalue weighted by Gasteiger charge is -2.31. The molecule has 0 aliphatic carbocycles. The van der Waals surface area contributed by atoms with Gasteiger partial charge in [-0.2, -0.15) is 13.2 Å². The maximum atomic E-state index is 12.0. The third-order valence-corrected chi connectivity index (χ3v) is 3.16. The normalized spacial score (nSPS) is 14.8. The second kappa shape index (κ2) is 5.60. The summed E-state index contributed by atoms with van der Waals surface area (Å²) in [4.78, 5) is 13.3. The Morgan fingerprint density at radius 1 is 1.40 bits per heavy atom. The van der Waals surface area contributed by atoms with Crippen molar-refractivity contribution in [2.24, 2.45) is 0 Å². The number of hydrogen-bond donors (Lipinski definition) is 2. The molecule has 4 nitrogen and oxygen atoms in total. The summed E-state index contributed by atoms with van der Waals surface area (Å²) in [6.45, 7) is -0.811. The van der Waals surface area contributed by atoms with Crippen LogP contribution in [-0.2, 0) is 11.2 Å². The summed E-state index contributed by atoms with van der Waals surface area (Å²) in [6, 6.07) is 5.48. The second-order valence-corrected chi connectivity index (χ2v) is 4.77. The van der Waals surface area contributed by atoms with E-state index in [-0.39, 0.29) is 6.54 Å². The van der Waals surface area contributed by atoms with Crippen LogP contribution in [0.4, 0.5) is 24.5 Å². The van der Waals surface area contributed by atoms with Crippen molar-refractivity contribution in [2.45, 2.75) is 19.0 Å². The quantitative estimate of drug-likeness (QED) is 0.832. The molecule has 3 N–H and O–H groups in total. The molecule has 1 aromatic rings. The van der Waals surface area contributed by atoms with Crippen LogP contribution >= 0.6 is 0 Å². The monoisotopic (exact) mass is 287 g/mol. The average Bonchev–Trinajstić information content (AvgIpc) is 2.36. The highest BCUT2D eigenvalue weighted by Gasteiger charge is 2.28. The number of nitrogens with one attached hydrogen (secondary N) is 1. The van der Waals surface area contributed by atoms with E-state index < -0.39 is 18.6 Å². The minimum absolute atomic E-state index is 0.114. The fourth-order valence-corrected chi connectivity index (χ4v) is 2.36. The highest BCUT2D eigenvalue weighted by Crippen LogP contribution is 2.32. The van der Waals surface area contributed by atoms with Crippen LogP contribution in [0.15, 0.2) is 18.2 Å². The van der Waals surface area contributed by atoms with Gasteiger partial charge in [0, 0.05) is 6.54 Å². The van der Waals surface area contributed by atoms with Gasteiger partial charge in [0.25, 0.3) is 0 Å². The molecule has 1 aromatic carbocycles. The minimum atomic E-state index is -4.39. The smallest absolute Gasteiger partial charge is 0.397 e. The van der Waals surface area contributed by atoms with Gasteiger partial charge < -0.3 is 16.0 Å². The molecule has 1 amide bonds. The van der Waals surface area contributed by atoms with Crippen molar-refractivity contribution in [3.63, 3.8) is 0 Å². The van der Waals surface area contributed by atoms with Crippen LogP contribution < -0.4 is 16.0 Å². The predicted octanol–water partition coefficient (Wildman–Crippen LogP) is 1.70. The SMILES string of the molecule is Nc1cccc2c1N(CC(=O)NCC(F)(F)F)CCC2. The molecule has 20 heavy (non-hydrogen) atoms. The Hall–Kier alpha value is -1.92. The molecule has 0 spiro atoms. The first-order valence-corrected chi connectivity index (χ1v) is 6.32.